The first-order valence-electron chi connectivity index (χ1n) is 6.13. The van der Waals surface area contributed by atoms with Crippen LogP contribution in [0.1, 0.15) is 31.2 Å². The van der Waals surface area contributed by atoms with E-state index in [1.807, 2.05) is 13.8 Å². The molecule has 1 aliphatic rings. The van der Waals surface area contributed by atoms with E-state index >= 15 is 0 Å². The number of Topliss-reactive ketones (excluding diaryl/α,β-unsaturated/α-hetero) is 1. The van der Waals surface area contributed by atoms with Crippen LogP contribution in [0.15, 0.2) is 6.20 Å². The van der Waals surface area contributed by atoms with Crippen molar-refractivity contribution < 1.29 is 4.79 Å². The van der Waals surface area contributed by atoms with Crippen LogP contribution in [0.2, 0.25) is 0 Å². The topological polar surface area (TPSA) is 46.1 Å². The summed E-state index contributed by atoms with van der Waals surface area (Å²) in [5.74, 6) is 1.38. The highest BCUT2D eigenvalue weighted by Gasteiger charge is 2.25. The number of carbonyl (C=O) groups excluding carboxylic acids is 1. The molecule has 0 bridgehead atoms. The van der Waals surface area contributed by atoms with Crippen LogP contribution in [0.25, 0.3) is 0 Å². The van der Waals surface area contributed by atoms with Crippen molar-refractivity contribution in [1.29, 1.82) is 0 Å². The SMILES string of the molecule is CC(=O)C1CCCN(c2nc(C)cnc2C)C1. The number of aryl methyl sites for hydroxylation is 2. The maximum absolute atomic E-state index is 11.5. The number of nitrogens with zero attached hydrogens (tertiary/aromatic N) is 3. The van der Waals surface area contributed by atoms with Crippen molar-refractivity contribution in [3.63, 3.8) is 0 Å². The maximum atomic E-state index is 11.5. The fourth-order valence-corrected chi connectivity index (χ4v) is 2.33. The summed E-state index contributed by atoms with van der Waals surface area (Å²) in [5.41, 5.74) is 1.87. The molecule has 1 fully saturated rings. The highest BCUT2D eigenvalue weighted by atomic mass is 16.1. The number of carbonyl (C=O) groups is 1. The zero-order valence-electron chi connectivity index (χ0n) is 10.7. The lowest BCUT2D eigenvalue weighted by Gasteiger charge is -2.33. The Morgan fingerprint density at radius 2 is 2.24 bits per heavy atom. The smallest absolute Gasteiger partial charge is 0.150 e. The number of aromatic nitrogens is 2. The van der Waals surface area contributed by atoms with E-state index < -0.39 is 0 Å². The molecule has 92 valence electrons. The average Bonchev–Trinajstić information content (AvgIpc) is 2.32. The van der Waals surface area contributed by atoms with Crippen LogP contribution in [-0.2, 0) is 4.79 Å². The molecule has 4 nitrogen and oxygen atoms in total. The molecule has 0 saturated carbocycles. The van der Waals surface area contributed by atoms with E-state index in [-0.39, 0.29) is 11.7 Å². The summed E-state index contributed by atoms with van der Waals surface area (Å²) < 4.78 is 0. The lowest BCUT2D eigenvalue weighted by molar-refractivity contribution is -0.120. The van der Waals surface area contributed by atoms with Crippen LogP contribution < -0.4 is 4.90 Å². The summed E-state index contributed by atoms with van der Waals surface area (Å²) in [4.78, 5) is 22.5. The van der Waals surface area contributed by atoms with Gasteiger partial charge in [-0.05, 0) is 33.6 Å². The van der Waals surface area contributed by atoms with E-state index in [0.29, 0.717) is 0 Å². The van der Waals surface area contributed by atoms with Gasteiger partial charge in [0, 0.05) is 25.2 Å². The van der Waals surface area contributed by atoms with Gasteiger partial charge in [0.2, 0.25) is 0 Å². The fourth-order valence-electron chi connectivity index (χ4n) is 2.33. The minimum Gasteiger partial charge on any atom is -0.354 e. The number of rotatable bonds is 2. The molecule has 1 aromatic heterocycles. The molecular weight excluding hydrogens is 214 g/mol. The Kier molecular flexibility index (Phi) is 3.41. The molecule has 0 aliphatic carbocycles. The Morgan fingerprint density at radius 1 is 1.47 bits per heavy atom. The predicted molar refractivity (Wildman–Crippen MR) is 67.1 cm³/mol. The third kappa shape index (κ3) is 2.62. The summed E-state index contributed by atoms with van der Waals surface area (Å²) >= 11 is 0. The first-order valence-corrected chi connectivity index (χ1v) is 6.13. The predicted octanol–water partition coefficient (Wildman–Crippen LogP) is 1.90. The molecule has 0 radical (unpaired) electrons. The minimum atomic E-state index is 0.158. The Bertz CT molecular complexity index is 431. The van der Waals surface area contributed by atoms with Crippen LogP contribution in [-0.4, -0.2) is 28.8 Å². The molecule has 2 rings (SSSR count). The van der Waals surface area contributed by atoms with Gasteiger partial charge < -0.3 is 4.90 Å². The maximum Gasteiger partial charge on any atom is 0.150 e. The van der Waals surface area contributed by atoms with E-state index in [9.17, 15) is 4.79 Å². The van der Waals surface area contributed by atoms with E-state index in [1.165, 1.54) is 0 Å². The summed E-state index contributed by atoms with van der Waals surface area (Å²) in [5, 5.41) is 0. The van der Waals surface area contributed by atoms with E-state index in [1.54, 1.807) is 13.1 Å². The molecule has 1 atom stereocenters. The second kappa shape index (κ2) is 4.82. The highest BCUT2D eigenvalue weighted by molar-refractivity contribution is 5.79. The number of hydrogen-bond donors (Lipinski definition) is 0. The number of piperidine rings is 1. The molecule has 0 amide bonds. The second-order valence-electron chi connectivity index (χ2n) is 4.82. The largest absolute Gasteiger partial charge is 0.354 e. The van der Waals surface area contributed by atoms with E-state index in [4.69, 9.17) is 0 Å². The standard InChI is InChI=1S/C13H19N3O/c1-9-7-14-10(2)13(15-9)16-6-4-5-12(8-16)11(3)17/h7,12H,4-6,8H2,1-3H3. The molecule has 1 unspecified atom stereocenters. The van der Waals surface area contributed by atoms with Crippen molar-refractivity contribution >= 4 is 11.6 Å². The van der Waals surface area contributed by atoms with Gasteiger partial charge in [0.05, 0.1) is 11.4 Å². The Morgan fingerprint density at radius 3 is 2.94 bits per heavy atom. The number of ketones is 1. The molecular formula is C13H19N3O. The van der Waals surface area contributed by atoms with Crippen molar-refractivity contribution in [1.82, 2.24) is 9.97 Å². The summed E-state index contributed by atoms with van der Waals surface area (Å²) in [6, 6.07) is 0. The van der Waals surface area contributed by atoms with Crippen LogP contribution in [0.5, 0.6) is 0 Å². The zero-order chi connectivity index (χ0) is 12.4. The second-order valence-corrected chi connectivity index (χ2v) is 4.82. The Hall–Kier alpha value is -1.45. The monoisotopic (exact) mass is 233 g/mol. The molecule has 2 heterocycles. The van der Waals surface area contributed by atoms with Crippen LogP contribution in [0.3, 0.4) is 0 Å². The molecule has 0 N–H and O–H groups in total. The summed E-state index contributed by atoms with van der Waals surface area (Å²) in [6.07, 6.45) is 3.84. The van der Waals surface area contributed by atoms with Gasteiger partial charge >= 0.3 is 0 Å². The molecule has 1 saturated heterocycles. The van der Waals surface area contributed by atoms with Gasteiger partial charge in [0.15, 0.2) is 0 Å². The van der Waals surface area contributed by atoms with Gasteiger partial charge in [-0.2, -0.15) is 0 Å². The van der Waals surface area contributed by atoms with Gasteiger partial charge in [-0.25, -0.2) is 4.98 Å². The van der Waals surface area contributed by atoms with Gasteiger partial charge in [-0.1, -0.05) is 0 Å². The van der Waals surface area contributed by atoms with Crippen molar-refractivity contribution in [2.45, 2.75) is 33.6 Å². The average molecular weight is 233 g/mol. The Balaban J connectivity index is 2.21. The minimum absolute atomic E-state index is 0.158. The van der Waals surface area contributed by atoms with Gasteiger partial charge in [-0.15, -0.1) is 0 Å². The third-order valence-electron chi connectivity index (χ3n) is 3.35. The number of hydrogen-bond acceptors (Lipinski definition) is 4. The zero-order valence-corrected chi connectivity index (χ0v) is 10.7. The molecule has 1 aliphatic heterocycles. The Labute approximate surface area is 102 Å². The molecule has 17 heavy (non-hydrogen) atoms. The quantitative estimate of drug-likeness (QED) is 0.782. The first-order chi connectivity index (χ1) is 8.08. The van der Waals surface area contributed by atoms with E-state index in [0.717, 1.165) is 43.1 Å². The summed E-state index contributed by atoms with van der Waals surface area (Å²) in [7, 11) is 0. The first kappa shape index (κ1) is 12.0. The van der Waals surface area contributed by atoms with Crippen LogP contribution >= 0.6 is 0 Å². The summed E-state index contributed by atoms with van der Waals surface area (Å²) in [6.45, 7) is 7.36. The third-order valence-corrected chi connectivity index (χ3v) is 3.35. The lowest BCUT2D eigenvalue weighted by Crippen LogP contribution is -2.39. The lowest BCUT2D eigenvalue weighted by atomic mass is 9.94. The van der Waals surface area contributed by atoms with E-state index in [2.05, 4.69) is 14.9 Å². The fraction of sp³-hybridized carbons (Fsp3) is 0.615. The molecule has 4 heteroatoms. The van der Waals surface area contributed by atoms with Gasteiger partial charge in [0.1, 0.15) is 11.6 Å². The van der Waals surface area contributed by atoms with Gasteiger partial charge in [-0.3, -0.25) is 9.78 Å². The van der Waals surface area contributed by atoms with Crippen LogP contribution in [0.4, 0.5) is 5.82 Å². The van der Waals surface area contributed by atoms with Crippen molar-refractivity contribution in [3.8, 4) is 0 Å². The molecule has 0 spiro atoms. The van der Waals surface area contributed by atoms with Gasteiger partial charge in [0.25, 0.3) is 0 Å². The van der Waals surface area contributed by atoms with Crippen molar-refractivity contribution in [3.05, 3.63) is 17.6 Å². The number of anilines is 1. The highest BCUT2D eigenvalue weighted by Crippen LogP contribution is 2.23. The van der Waals surface area contributed by atoms with Crippen molar-refractivity contribution in [2.75, 3.05) is 18.0 Å². The molecule has 0 aromatic carbocycles. The van der Waals surface area contributed by atoms with Crippen LogP contribution in [0, 0.1) is 19.8 Å². The molecule has 1 aromatic rings. The van der Waals surface area contributed by atoms with Crippen molar-refractivity contribution in [2.24, 2.45) is 5.92 Å². The normalized spacial score (nSPS) is 20.4.